The van der Waals surface area contributed by atoms with E-state index in [1.54, 1.807) is 0 Å². The van der Waals surface area contributed by atoms with E-state index in [2.05, 4.69) is 31.0 Å². The van der Waals surface area contributed by atoms with Crippen LogP contribution < -0.4 is 5.32 Å². The minimum Gasteiger partial charge on any atom is -0.314 e. The summed E-state index contributed by atoms with van der Waals surface area (Å²) < 4.78 is 0. The van der Waals surface area contributed by atoms with Crippen molar-refractivity contribution in [1.82, 2.24) is 10.2 Å². The third kappa shape index (κ3) is 5.39. The van der Waals surface area contributed by atoms with Crippen LogP contribution in [0.5, 0.6) is 0 Å². The SMILES string of the molecule is CCCNC1CCCCC1CN(CC)CCC. The second-order valence-electron chi connectivity index (χ2n) is 5.50. The maximum absolute atomic E-state index is 3.77. The van der Waals surface area contributed by atoms with E-state index in [-0.39, 0.29) is 0 Å². The molecule has 2 atom stereocenters. The molecular formula is C15H32N2. The average molecular weight is 240 g/mol. The molecule has 2 nitrogen and oxygen atoms in total. The maximum Gasteiger partial charge on any atom is 0.0107 e. The first-order valence-electron chi connectivity index (χ1n) is 7.77. The summed E-state index contributed by atoms with van der Waals surface area (Å²) in [5.74, 6) is 0.891. The molecule has 0 spiro atoms. The number of nitrogens with one attached hydrogen (secondary N) is 1. The lowest BCUT2D eigenvalue weighted by Crippen LogP contribution is -2.44. The molecule has 2 unspecified atom stereocenters. The van der Waals surface area contributed by atoms with Gasteiger partial charge in [-0.05, 0) is 51.2 Å². The molecule has 0 aliphatic heterocycles. The molecule has 1 rings (SSSR count). The predicted octanol–water partition coefficient (Wildman–Crippen LogP) is 3.28. The van der Waals surface area contributed by atoms with Crippen LogP contribution in [0, 0.1) is 5.92 Å². The van der Waals surface area contributed by atoms with Gasteiger partial charge in [-0.2, -0.15) is 0 Å². The van der Waals surface area contributed by atoms with Gasteiger partial charge in [-0.25, -0.2) is 0 Å². The third-order valence-electron chi connectivity index (χ3n) is 4.05. The van der Waals surface area contributed by atoms with E-state index in [1.807, 2.05) is 0 Å². The number of rotatable bonds is 8. The number of hydrogen-bond acceptors (Lipinski definition) is 2. The highest BCUT2D eigenvalue weighted by Crippen LogP contribution is 2.25. The molecule has 0 radical (unpaired) electrons. The van der Waals surface area contributed by atoms with E-state index < -0.39 is 0 Å². The first-order valence-corrected chi connectivity index (χ1v) is 7.77. The molecule has 1 aliphatic carbocycles. The van der Waals surface area contributed by atoms with Gasteiger partial charge in [-0.15, -0.1) is 0 Å². The highest BCUT2D eigenvalue weighted by Gasteiger charge is 2.25. The molecule has 0 amide bonds. The standard InChI is InChI=1S/C15H32N2/c1-4-11-16-15-10-8-7-9-14(15)13-17(6-3)12-5-2/h14-16H,4-13H2,1-3H3. The summed E-state index contributed by atoms with van der Waals surface area (Å²) in [7, 11) is 0. The van der Waals surface area contributed by atoms with Gasteiger partial charge in [0.15, 0.2) is 0 Å². The van der Waals surface area contributed by atoms with Crippen LogP contribution in [0.2, 0.25) is 0 Å². The molecule has 0 aromatic heterocycles. The zero-order chi connectivity index (χ0) is 12.5. The molecule has 1 fully saturated rings. The Labute approximate surface area is 108 Å². The minimum atomic E-state index is 0.787. The molecule has 0 heterocycles. The Morgan fingerprint density at radius 1 is 1.06 bits per heavy atom. The zero-order valence-electron chi connectivity index (χ0n) is 12.2. The highest BCUT2D eigenvalue weighted by atomic mass is 15.1. The van der Waals surface area contributed by atoms with Crippen LogP contribution in [0.3, 0.4) is 0 Å². The summed E-state index contributed by atoms with van der Waals surface area (Å²) in [5, 5.41) is 3.77. The predicted molar refractivity (Wildman–Crippen MR) is 76.4 cm³/mol. The van der Waals surface area contributed by atoms with Crippen molar-refractivity contribution in [3.63, 3.8) is 0 Å². The lowest BCUT2D eigenvalue weighted by Gasteiger charge is -2.36. The summed E-state index contributed by atoms with van der Waals surface area (Å²) in [6, 6.07) is 0.787. The fourth-order valence-corrected chi connectivity index (χ4v) is 3.05. The average Bonchev–Trinajstić information content (AvgIpc) is 2.37. The van der Waals surface area contributed by atoms with Gasteiger partial charge in [0.2, 0.25) is 0 Å². The van der Waals surface area contributed by atoms with Crippen molar-refractivity contribution in [2.24, 2.45) is 5.92 Å². The quantitative estimate of drug-likeness (QED) is 0.700. The lowest BCUT2D eigenvalue weighted by molar-refractivity contribution is 0.173. The van der Waals surface area contributed by atoms with Crippen molar-refractivity contribution in [3.05, 3.63) is 0 Å². The van der Waals surface area contributed by atoms with Crippen LogP contribution in [0.15, 0.2) is 0 Å². The Balaban J connectivity index is 2.40. The third-order valence-corrected chi connectivity index (χ3v) is 4.05. The fourth-order valence-electron chi connectivity index (χ4n) is 3.05. The van der Waals surface area contributed by atoms with Gasteiger partial charge in [-0.3, -0.25) is 0 Å². The largest absolute Gasteiger partial charge is 0.314 e. The summed E-state index contributed by atoms with van der Waals surface area (Å²) in [6.07, 6.45) is 8.25. The monoisotopic (exact) mass is 240 g/mol. The van der Waals surface area contributed by atoms with Crippen LogP contribution in [0.25, 0.3) is 0 Å². The van der Waals surface area contributed by atoms with Crippen molar-refractivity contribution in [3.8, 4) is 0 Å². The molecule has 1 N–H and O–H groups in total. The van der Waals surface area contributed by atoms with Crippen molar-refractivity contribution >= 4 is 0 Å². The van der Waals surface area contributed by atoms with E-state index >= 15 is 0 Å². The van der Waals surface area contributed by atoms with E-state index in [4.69, 9.17) is 0 Å². The normalized spacial score (nSPS) is 25.4. The van der Waals surface area contributed by atoms with Crippen LogP contribution in [0.1, 0.15) is 59.3 Å². The first-order chi connectivity index (χ1) is 8.31. The van der Waals surface area contributed by atoms with Crippen LogP contribution >= 0.6 is 0 Å². The molecule has 2 heteroatoms. The van der Waals surface area contributed by atoms with Gasteiger partial charge in [0.1, 0.15) is 0 Å². The van der Waals surface area contributed by atoms with Crippen LogP contribution in [-0.4, -0.2) is 37.1 Å². The zero-order valence-corrected chi connectivity index (χ0v) is 12.2. The summed E-state index contributed by atoms with van der Waals surface area (Å²) in [4.78, 5) is 2.64. The Morgan fingerprint density at radius 2 is 1.82 bits per heavy atom. The fraction of sp³-hybridized carbons (Fsp3) is 1.00. The van der Waals surface area contributed by atoms with Crippen molar-refractivity contribution in [2.75, 3.05) is 26.2 Å². The molecule has 1 saturated carbocycles. The van der Waals surface area contributed by atoms with Crippen molar-refractivity contribution < 1.29 is 0 Å². The summed E-state index contributed by atoms with van der Waals surface area (Å²) >= 11 is 0. The van der Waals surface area contributed by atoms with E-state index in [9.17, 15) is 0 Å². The maximum atomic E-state index is 3.77. The summed E-state index contributed by atoms with van der Waals surface area (Å²) in [5.41, 5.74) is 0. The molecule has 0 aromatic rings. The smallest absolute Gasteiger partial charge is 0.0107 e. The Kier molecular flexibility index (Phi) is 7.87. The molecule has 0 aromatic carbocycles. The summed E-state index contributed by atoms with van der Waals surface area (Å²) in [6.45, 7) is 11.8. The van der Waals surface area contributed by atoms with E-state index in [0.717, 1.165) is 12.0 Å². The van der Waals surface area contributed by atoms with Crippen LogP contribution in [0.4, 0.5) is 0 Å². The number of nitrogens with zero attached hydrogens (tertiary/aromatic N) is 1. The lowest BCUT2D eigenvalue weighted by atomic mass is 9.84. The molecule has 17 heavy (non-hydrogen) atoms. The van der Waals surface area contributed by atoms with Gasteiger partial charge < -0.3 is 10.2 Å². The highest BCUT2D eigenvalue weighted by molar-refractivity contribution is 4.83. The minimum absolute atomic E-state index is 0.787. The Bertz CT molecular complexity index is 182. The molecule has 0 bridgehead atoms. The van der Waals surface area contributed by atoms with E-state index in [1.165, 1.54) is 64.7 Å². The first kappa shape index (κ1) is 15.0. The molecule has 0 saturated heterocycles. The number of hydrogen-bond donors (Lipinski definition) is 1. The Hall–Kier alpha value is -0.0800. The second-order valence-corrected chi connectivity index (χ2v) is 5.50. The van der Waals surface area contributed by atoms with E-state index in [0.29, 0.717) is 0 Å². The second kappa shape index (κ2) is 8.93. The van der Waals surface area contributed by atoms with Gasteiger partial charge in [-0.1, -0.05) is 33.6 Å². The van der Waals surface area contributed by atoms with Gasteiger partial charge in [0.25, 0.3) is 0 Å². The van der Waals surface area contributed by atoms with Crippen LogP contribution in [-0.2, 0) is 0 Å². The topological polar surface area (TPSA) is 15.3 Å². The van der Waals surface area contributed by atoms with Gasteiger partial charge >= 0.3 is 0 Å². The van der Waals surface area contributed by atoms with Crippen molar-refractivity contribution in [2.45, 2.75) is 65.3 Å². The van der Waals surface area contributed by atoms with Crippen molar-refractivity contribution in [1.29, 1.82) is 0 Å². The van der Waals surface area contributed by atoms with Gasteiger partial charge in [0.05, 0.1) is 0 Å². The molecular weight excluding hydrogens is 208 g/mol. The molecule has 102 valence electrons. The Morgan fingerprint density at radius 3 is 2.47 bits per heavy atom. The molecule has 1 aliphatic rings. The van der Waals surface area contributed by atoms with Gasteiger partial charge in [0, 0.05) is 12.6 Å².